The largest absolute Gasteiger partial charge is 0.492 e. The standard InChI is InChI=1S/C13H19NO2S/c1-3-9-17-10-13(15)14-11-7-5-6-8-12(11)16-4-2/h5-8H,3-4,9-10H2,1-2H3,(H,14,15). The van der Waals surface area contributed by atoms with Gasteiger partial charge < -0.3 is 10.1 Å². The Morgan fingerprint density at radius 2 is 2.12 bits per heavy atom. The first-order chi connectivity index (χ1) is 8.27. The quantitative estimate of drug-likeness (QED) is 0.759. The van der Waals surface area contributed by atoms with E-state index >= 15 is 0 Å². The normalized spacial score (nSPS) is 10.0. The third-order valence-corrected chi connectivity index (χ3v) is 3.21. The van der Waals surface area contributed by atoms with Crippen LogP contribution in [0, 0.1) is 0 Å². The molecule has 1 amide bonds. The molecule has 0 unspecified atom stereocenters. The summed E-state index contributed by atoms with van der Waals surface area (Å²) in [6.45, 7) is 4.63. The summed E-state index contributed by atoms with van der Waals surface area (Å²) in [6.07, 6.45) is 1.09. The highest BCUT2D eigenvalue weighted by Gasteiger charge is 2.06. The fourth-order valence-electron chi connectivity index (χ4n) is 1.35. The van der Waals surface area contributed by atoms with Gasteiger partial charge in [-0.05, 0) is 31.2 Å². The van der Waals surface area contributed by atoms with E-state index in [1.165, 1.54) is 0 Å². The number of para-hydroxylation sites is 2. The van der Waals surface area contributed by atoms with E-state index in [2.05, 4.69) is 12.2 Å². The summed E-state index contributed by atoms with van der Waals surface area (Å²) in [4.78, 5) is 11.7. The lowest BCUT2D eigenvalue weighted by Gasteiger charge is -2.10. The number of anilines is 1. The van der Waals surface area contributed by atoms with E-state index in [4.69, 9.17) is 4.74 Å². The van der Waals surface area contributed by atoms with Crippen LogP contribution >= 0.6 is 11.8 Å². The lowest BCUT2D eigenvalue weighted by molar-refractivity contribution is -0.113. The van der Waals surface area contributed by atoms with Crippen LogP contribution in [0.25, 0.3) is 0 Å². The zero-order valence-electron chi connectivity index (χ0n) is 10.4. The molecule has 1 rings (SSSR count). The average Bonchev–Trinajstić information content (AvgIpc) is 2.32. The molecule has 0 heterocycles. The maximum Gasteiger partial charge on any atom is 0.234 e. The molecule has 94 valence electrons. The van der Waals surface area contributed by atoms with E-state index in [0.29, 0.717) is 12.4 Å². The minimum absolute atomic E-state index is 0.0237. The molecule has 17 heavy (non-hydrogen) atoms. The van der Waals surface area contributed by atoms with Gasteiger partial charge in [0.1, 0.15) is 5.75 Å². The van der Waals surface area contributed by atoms with Gasteiger partial charge in [0.25, 0.3) is 0 Å². The van der Waals surface area contributed by atoms with Crippen molar-refractivity contribution in [2.75, 3.05) is 23.4 Å². The molecular weight excluding hydrogens is 234 g/mol. The summed E-state index contributed by atoms with van der Waals surface area (Å²) in [5.41, 5.74) is 0.747. The SMILES string of the molecule is CCCSCC(=O)Nc1ccccc1OCC. The number of rotatable bonds is 7. The summed E-state index contributed by atoms with van der Waals surface area (Å²) in [6, 6.07) is 7.50. The molecule has 3 nitrogen and oxygen atoms in total. The molecular formula is C13H19NO2S. The van der Waals surface area contributed by atoms with Crippen molar-refractivity contribution in [1.29, 1.82) is 0 Å². The molecule has 0 atom stereocenters. The van der Waals surface area contributed by atoms with E-state index in [9.17, 15) is 4.79 Å². The lowest BCUT2D eigenvalue weighted by atomic mass is 10.3. The second-order valence-electron chi connectivity index (χ2n) is 3.53. The number of carbonyl (C=O) groups is 1. The highest BCUT2D eigenvalue weighted by molar-refractivity contribution is 7.99. The van der Waals surface area contributed by atoms with Gasteiger partial charge in [0.05, 0.1) is 18.0 Å². The number of hydrogen-bond acceptors (Lipinski definition) is 3. The van der Waals surface area contributed by atoms with Crippen molar-refractivity contribution in [1.82, 2.24) is 0 Å². The molecule has 0 saturated heterocycles. The molecule has 0 fully saturated rings. The number of benzene rings is 1. The van der Waals surface area contributed by atoms with Gasteiger partial charge in [-0.2, -0.15) is 11.8 Å². The van der Waals surface area contributed by atoms with E-state index in [1.54, 1.807) is 11.8 Å². The Bertz CT molecular complexity index is 355. The Morgan fingerprint density at radius 3 is 2.82 bits per heavy atom. The number of ether oxygens (including phenoxy) is 1. The van der Waals surface area contributed by atoms with Crippen LogP contribution in [0.15, 0.2) is 24.3 Å². The number of hydrogen-bond donors (Lipinski definition) is 1. The van der Waals surface area contributed by atoms with Crippen LogP contribution in [0.4, 0.5) is 5.69 Å². The minimum atomic E-state index is 0.0237. The highest BCUT2D eigenvalue weighted by Crippen LogP contribution is 2.23. The fourth-order valence-corrected chi connectivity index (χ4v) is 2.04. The van der Waals surface area contributed by atoms with Crippen molar-refractivity contribution in [2.24, 2.45) is 0 Å². The van der Waals surface area contributed by atoms with Gasteiger partial charge in [0.2, 0.25) is 5.91 Å². The maximum absolute atomic E-state index is 11.7. The predicted octanol–water partition coefficient (Wildman–Crippen LogP) is 3.17. The molecule has 0 aliphatic carbocycles. The Kier molecular flexibility index (Phi) is 6.55. The molecule has 0 saturated carbocycles. The summed E-state index contributed by atoms with van der Waals surface area (Å²) in [7, 11) is 0. The smallest absolute Gasteiger partial charge is 0.234 e. The minimum Gasteiger partial charge on any atom is -0.492 e. The molecule has 1 aromatic rings. The van der Waals surface area contributed by atoms with Crippen molar-refractivity contribution in [3.8, 4) is 5.75 Å². The number of thioether (sulfide) groups is 1. The predicted molar refractivity (Wildman–Crippen MR) is 73.9 cm³/mol. The van der Waals surface area contributed by atoms with Gasteiger partial charge in [-0.15, -0.1) is 0 Å². The van der Waals surface area contributed by atoms with E-state index in [1.807, 2.05) is 31.2 Å². The molecule has 4 heteroatoms. The summed E-state index contributed by atoms with van der Waals surface area (Å²) >= 11 is 1.65. The molecule has 0 spiro atoms. The van der Waals surface area contributed by atoms with Crippen LogP contribution in [0.1, 0.15) is 20.3 Å². The van der Waals surface area contributed by atoms with Crippen LogP contribution in [0.2, 0.25) is 0 Å². The van der Waals surface area contributed by atoms with Crippen LogP contribution < -0.4 is 10.1 Å². The van der Waals surface area contributed by atoms with Gasteiger partial charge in [0.15, 0.2) is 0 Å². The highest BCUT2D eigenvalue weighted by atomic mass is 32.2. The van der Waals surface area contributed by atoms with Gasteiger partial charge in [-0.3, -0.25) is 4.79 Å². The van der Waals surface area contributed by atoms with Gasteiger partial charge in [-0.1, -0.05) is 19.1 Å². The fraction of sp³-hybridized carbons (Fsp3) is 0.462. The third-order valence-electron chi connectivity index (χ3n) is 2.04. The van der Waals surface area contributed by atoms with Gasteiger partial charge >= 0.3 is 0 Å². The monoisotopic (exact) mass is 253 g/mol. The first-order valence-corrected chi connectivity index (χ1v) is 7.02. The second kappa shape index (κ2) is 8.01. The first-order valence-electron chi connectivity index (χ1n) is 5.87. The van der Waals surface area contributed by atoms with Crippen LogP contribution in [-0.2, 0) is 4.79 Å². The molecule has 0 aliphatic heterocycles. The Morgan fingerprint density at radius 1 is 1.35 bits per heavy atom. The molecule has 0 bridgehead atoms. The van der Waals surface area contributed by atoms with Gasteiger partial charge in [0, 0.05) is 0 Å². The van der Waals surface area contributed by atoms with E-state index < -0.39 is 0 Å². The van der Waals surface area contributed by atoms with Gasteiger partial charge in [-0.25, -0.2) is 0 Å². The molecule has 1 aromatic carbocycles. The average molecular weight is 253 g/mol. The topological polar surface area (TPSA) is 38.3 Å². The van der Waals surface area contributed by atoms with Crippen molar-refractivity contribution in [3.63, 3.8) is 0 Å². The molecule has 0 aliphatic rings. The van der Waals surface area contributed by atoms with Crippen molar-refractivity contribution in [3.05, 3.63) is 24.3 Å². The zero-order chi connectivity index (χ0) is 12.5. The summed E-state index contributed by atoms with van der Waals surface area (Å²) < 4.78 is 5.44. The van der Waals surface area contributed by atoms with Crippen molar-refractivity contribution in [2.45, 2.75) is 20.3 Å². The van der Waals surface area contributed by atoms with Crippen molar-refractivity contribution >= 4 is 23.4 Å². The molecule has 0 aromatic heterocycles. The van der Waals surface area contributed by atoms with Crippen molar-refractivity contribution < 1.29 is 9.53 Å². The van der Waals surface area contributed by atoms with Crippen LogP contribution in [0.5, 0.6) is 5.75 Å². The maximum atomic E-state index is 11.7. The zero-order valence-corrected chi connectivity index (χ0v) is 11.2. The second-order valence-corrected chi connectivity index (χ2v) is 4.64. The first kappa shape index (κ1) is 13.9. The number of amides is 1. The molecule has 0 radical (unpaired) electrons. The van der Waals surface area contributed by atoms with E-state index in [0.717, 1.165) is 23.6 Å². The number of carbonyl (C=O) groups excluding carboxylic acids is 1. The third kappa shape index (κ3) is 5.13. The van der Waals surface area contributed by atoms with E-state index in [-0.39, 0.29) is 5.91 Å². The Labute approximate surface area is 107 Å². The summed E-state index contributed by atoms with van der Waals surface area (Å²) in [5, 5.41) is 2.87. The van der Waals surface area contributed by atoms with Crippen LogP contribution in [0.3, 0.4) is 0 Å². The summed E-state index contributed by atoms with van der Waals surface area (Å²) in [5.74, 6) is 2.26. The Hall–Kier alpha value is -1.16. The van der Waals surface area contributed by atoms with Crippen LogP contribution in [-0.4, -0.2) is 24.0 Å². The molecule has 1 N–H and O–H groups in total. The lowest BCUT2D eigenvalue weighted by Crippen LogP contribution is -2.15. The Balaban J connectivity index is 2.52. The number of nitrogens with one attached hydrogen (secondary N) is 1.